The van der Waals surface area contributed by atoms with Crippen molar-refractivity contribution in [3.63, 3.8) is 0 Å². The number of benzene rings is 1. The van der Waals surface area contributed by atoms with Gasteiger partial charge < -0.3 is 10.1 Å². The maximum atomic E-state index is 12.6. The second-order valence-corrected chi connectivity index (χ2v) is 5.84. The zero-order valence-corrected chi connectivity index (χ0v) is 13.1. The number of ether oxygens (including phenoxy) is 1. The molecule has 0 unspecified atom stereocenters. The topological polar surface area (TPSA) is 38.3 Å². The fourth-order valence-electron chi connectivity index (χ4n) is 2.53. The van der Waals surface area contributed by atoms with Crippen molar-refractivity contribution in [2.24, 2.45) is 5.92 Å². The normalized spacial score (nSPS) is 17.8. The van der Waals surface area contributed by atoms with E-state index in [1.807, 2.05) is 19.9 Å². The van der Waals surface area contributed by atoms with Crippen LogP contribution in [0.3, 0.4) is 0 Å². The van der Waals surface area contributed by atoms with E-state index >= 15 is 0 Å². The molecule has 1 aliphatic rings. The van der Waals surface area contributed by atoms with Gasteiger partial charge in [-0.2, -0.15) is 0 Å². The first-order valence-electron chi connectivity index (χ1n) is 7.23. The van der Waals surface area contributed by atoms with Crippen molar-refractivity contribution < 1.29 is 9.53 Å². The maximum Gasteiger partial charge on any atom is 0.174 e. The molecule has 0 aliphatic carbocycles. The Morgan fingerprint density at radius 2 is 2.20 bits per heavy atom. The molecule has 1 N–H and O–H groups in total. The van der Waals surface area contributed by atoms with Gasteiger partial charge in [-0.15, -0.1) is 0 Å². The number of hydrogen-bond acceptors (Lipinski definition) is 3. The highest BCUT2D eigenvalue weighted by Gasteiger charge is 2.31. The Balaban J connectivity index is 2.16. The van der Waals surface area contributed by atoms with E-state index in [0.29, 0.717) is 29.5 Å². The molecule has 1 heterocycles. The van der Waals surface area contributed by atoms with Gasteiger partial charge in [0, 0.05) is 11.6 Å². The Hall–Kier alpha value is -1.06. The molecule has 20 heavy (non-hydrogen) atoms. The van der Waals surface area contributed by atoms with E-state index in [4.69, 9.17) is 16.3 Å². The molecule has 0 aromatic heterocycles. The van der Waals surface area contributed by atoms with Gasteiger partial charge in [0.05, 0.1) is 18.1 Å². The minimum atomic E-state index is -0.115. The van der Waals surface area contributed by atoms with Crippen LogP contribution in [0.25, 0.3) is 0 Å². The van der Waals surface area contributed by atoms with E-state index in [2.05, 4.69) is 12.2 Å². The van der Waals surface area contributed by atoms with Crippen LogP contribution in [0.15, 0.2) is 6.07 Å². The molecule has 3 nitrogen and oxygen atoms in total. The first-order chi connectivity index (χ1) is 9.56. The van der Waals surface area contributed by atoms with Crippen LogP contribution in [0.4, 0.5) is 0 Å². The number of unbranched alkanes of at least 4 members (excludes halogenated alkanes) is 1. The van der Waals surface area contributed by atoms with E-state index in [9.17, 15) is 4.79 Å². The number of hydrogen-bond donors (Lipinski definition) is 1. The van der Waals surface area contributed by atoms with Gasteiger partial charge in [-0.05, 0) is 44.0 Å². The van der Waals surface area contributed by atoms with Crippen LogP contribution < -0.4 is 10.1 Å². The van der Waals surface area contributed by atoms with Gasteiger partial charge in [0.25, 0.3) is 0 Å². The molecule has 1 aromatic rings. The number of Topliss-reactive ketones (excluding diaryl/α,β-unsaturated/α-hetero) is 1. The number of aryl methyl sites for hydroxylation is 1. The Morgan fingerprint density at radius 3 is 2.90 bits per heavy atom. The maximum absolute atomic E-state index is 12.6. The van der Waals surface area contributed by atoms with Crippen molar-refractivity contribution in [1.82, 2.24) is 5.32 Å². The predicted molar refractivity (Wildman–Crippen MR) is 82.0 cm³/mol. The standard InChI is InChI=1S/C16H22ClNO2/c1-4-5-6-18-8-12-9-20-16-10(2)7-13(17)11(3)14(16)15(12)19/h7,12,18H,4-6,8-9H2,1-3H3/t12-/m0/s1. The Bertz CT molecular complexity index is 514. The first kappa shape index (κ1) is 15.3. The van der Waals surface area contributed by atoms with E-state index in [0.717, 1.165) is 30.5 Å². The predicted octanol–water partition coefficient (Wildman–Crippen LogP) is 3.54. The highest BCUT2D eigenvalue weighted by atomic mass is 35.5. The molecular formula is C16H22ClNO2. The van der Waals surface area contributed by atoms with Crippen molar-refractivity contribution in [3.8, 4) is 5.75 Å². The van der Waals surface area contributed by atoms with Crippen molar-refractivity contribution in [1.29, 1.82) is 0 Å². The number of fused-ring (bicyclic) bond motifs is 1. The van der Waals surface area contributed by atoms with Crippen LogP contribution in [-0.4, -0.2) is 25.5 Å². The molecule has 0 bridgehead atoms. The summed E-state index contributed by atoms with van der Waals surface area (Å²) in [7, 11) is 0. The number of halogens is 1. The van der Waals surface area contributed by atoms with Crippen LogP contribution in [0.2, 0.25) is 5.02 Å². The van der Waals surface area contributed by atoms with Gasteiger partial charge in [0.1, 0.15) is 5.75 Å². The average molecular weight is 296 g/mol. The molecule has 0 amide bonds. The van der Waals surface area contributed by atoms with Crippen LogP contribution in [0.1, 0.15) is 41.3 Å². The monoisotopic (exact) mass is 295 g/mol. The van der Waals surface area contributed by atoms with Crippen LogP contribution >= 0.6 is 11.6 Å². The van der Waals surface area contributed by atoms with Crippen molar-refractivity contribution >= 4 is 17.4 Å². The van der Waals surface area contributed by atoms with E-state index in [1.54, 1.807) is 0 Å². The Morgan fingerprint density at radius 1 is 1.45 bits per heavy atom. The molecule has 0 radical (unpaired) electrons. The van der Waals surface area contributed by atoms with Crippen LogP contribution in [0.5, 0.6) is 5.75 Å². The van der Waals surface area contributed by atoms with Gasteiger partial charge in [-0.3, -0.25) is 4.79 Å². The Labute approximate surface area is 125 Å². The average Bonchev–Trinajstić information content (AvgIpc) is 2.42. The third-order valence-electron chi connectivity index (χ3n) is 3.81. The highest BCUT2D eigenvalue weighted by Crippen LogP contribution is 2.36. The number of rotatable bonds is 5. The molecule has 0 fully saturated rings. The van der Waals surface area contributed by atoms with Gasteiger partial charge in [0.15, 0.2) is 5.78 Å². The van der Waals surface area contributed by atoms with Crippen LogP contribution in [0, 0.1) is 19.8 Å². The molecule has 0 saturated heterocycles. The summed E-state index contributed by atoms with van der Waals surface area (Å²) >= 11 is 6.19. The van der Waals surface area contributed by atoms with Gasteiger partial charge in [-0.25, -0.2) is 0 Å². The van der Waals surface area contributed by atoms with Crippen LogP contribution in [-0.2, 0) is 0 Å². The second-order valence-electron chi connectivity index (χ2n) is 5.43. The summed E-state index contributed by atoms with van der Waals surface area (Å²) in [6, 6.07) is 1.86. The largest absolute Gasteiger partial charge is 0.492 e. The second kappa shape index (κ2) is 6.59. The molecule has 4 heteroatoms. The number of ketones is 1. The van der Waals surface area contributed by atoms with E-state index < -0.39 is 0 Å². The summed E-state index contributed by atoms with van der Waals surface area (Å²) in [5.74, 6) is 0.746. The number of nitrogens with one attached hydrogen (secondary N) is 1. The zero-order valence-electron chi connectivity index (χ0n) is 12.4. The molecule has 1 atom stereocenters. The molecular weight excluding hydrogens is 274 g/mol. The Kier molecular flexibility index (Phi) is 5.06. The summed E-state index contributed by atoms with van der Waals surface area (Å²) in [5.41, 5.74) is 2.43. The third-order valence-corrected chi connectivity index (χ3v) is 4.20. The van der Waals surface area contributed by atoms with Crippen molar-refractivity contribution in [2.45, 2.75) is 33.6 Å². The summed E-state index contributed by atoms with van der Waals surface area (Å²) in [4.78, 5) is 12.6. The van der Waals surface area contributed by atoms with Crippen molar-refractivity contribution in [2.75, 3.05) is 19.7 Å². The quantitative estimate of drug-likeness (QED) is 0.845. The van der Waals surface area contributed by atoms with Gasteiger partial charge in [0.2, 0.25) is 0 Å². The molecule has 2 rings (SSSR count). The van der Waals surface area contributed by atoms with Gasteiger partial charge >= 0.3 is 0 Å². The lowest BCUT2D eigenvalue weighted by Crippen LogP contribution is -2.37. The van der Waals surface area contributed by atoms with Gasteiger partial charge in [-0.1, -0.05) is 24.9 Å². The minimum absolute atomic E-state index is 0.115. The van der Waals surface area contributed by atoms with Crippen molar-refractivity contribution in [3.05, 3.63) is 27.8 Å². The molecule has 1 aromatic carbocycles. The fraction of sp³-hybridized carbons (Fsp3) is 0.562. The summed E-state index contributed by atoms with van der Waals surface area (Å²) < 4.78 is 5.81. The molecule has 0 spiro atoms. The lowest BCUT2D eigenvalue weighted by molar-refractivity contribution is 0.0828. The number of carbonyl (C=O) groups excluding carboxylic acids is 1. The lowest BCUT2D eigenvalue weighted by atomic mass is 9.90. The fourth-order valence-corrected chi connectivity index (χ4v) is 2.79. The highest BCUT2D eigenvalue weighted by molar-refractivity contribution is 6.32. The molecule has 1 aliphatic heterocycles. The molecule has 110 valence electrons. The molecule has 0 saturated carbocycles. The summed E-state index contributed by atoms with van der Waals surface area (Å²) in [6.07, 6.45) is 2.28. The minimum Gasteiger partial charge on any atom is -0.492 e. The number of carbonyl (C=O) groups is 1. The summed E-state index contributed by atoms with van der Waals surface area (Å²) in [6.45, 7) is 8.03. The smallest absolute Gasteiger partial charge is 0.174 e. The lowest BCUT2D eigenvalue weighted by Gasteiger charge is -2.27. The van der Waals surface area contributed by atoms with E-state index in [1.165, 1.54) is 0 Å². The third kappa shape index (κ3) is 2.99. The first-order valence-corrected chi connectivity index (χ1v) is 7.61. The van der Waals surface area contributed by atoms with E-state index in [-0.39, 0.29) is 11.7 Å². The summed E-state index contributed by atoms with van der Waals surface area (Å²) in [5, 5.41) is 3.97. The zero-order chi connectivity index (χ0) is 14.7. The SMILES string of the molecule is CCCCNC[C@H]1COc2c(C)cc(Cl)c(C)c2C1=O.